The summed E-state index contributed by atoms with van der Waals surface area (Å²) in [5.74, 6) is -0.139. The van der Waals surface area contributed by atoms with E-state index in [9.17, 15) is 4.79 Å². The Hall–Kier alpha value is -1.26. The lowest BCUT2D eigenvalue weighted by molar-refractivity contribution is -0.148. The molecule has 1 heterocycles. The summed E-state index contributed by atoms with van der Waals surface area (Å²) in [7, 11) is 0. The maximum Gasteiger partial charge on any atom is 0.320 e. The summed E-state index contributed by atoms with van der Waals surface area (Å²) in [5, 5.41) is 0.754. The zero-order chi connectivity index (χ0) is 14.5. The van der Waals surface area contributed by atoms with Crippen molar-refractivity contribution in [3.05, 3.63) is 29.3 Å². The van der Waals surface area contributed by atoms with Crippen LogP contribution < -0.4 is 4.90 Å². The van der Waals surface area contributed by atoms with Gasteiger partial charge in [0.1, 0.15) is 0 Å². The first-order valence-corrected chi connectivity index (χ1v) is 7.35. The van der Waals surface area contributed by atoms with Gasteiger partial charge in [-0.05, 0) is 38.1 Å². The fourth-order valence-corrected chi connectivity index (χ4v) is 2.42. The Bertz CT molecular complexity index is 440. The topological polar surface area (TPSA) is 32.8 Å². The first-order valence-electron chi connectivity index (χ1n) is 6.97. The normalized spacial score (nSPS) is 16.5. The SMILES string of the molecule is CC(C)OC(=O)CN1CCN(c2ccc(Cl)cc2)CC1. The number of ether oxygens (including phenoxy) is 1. The van der Waals surface area contributed by atoms with E-state index in [-0.39, 0.29) is 12.1 Å². The third kappa shape index (κ3) is 4.39. The molecule has 4 nitrogen and oxygen atoms in total. The Balaban J connectivity index is 1.80. The molecule has 0 aliphatic carbocycles. The Morgan fingerprint density at radius 2 is 1.80 bits per heavy atom. The molecule has 0 bridgehead atoms. The molecule has 20 heavy (non-hydrogen) atoms. The van der Waals surface area contributed by atoms with Gasteiger partial charge >= 0.3 is 5.97 Å². The predicted octanol–water partition coefficient (Wildman–Crippen LogP) is 2.41. The smallest absolute Gasteiger partial charge is 0.320 e. The fraction of sp³-hybridized carbons (Fsp3) is 0.533. The Morgan fingerprint density at radius 3 is 2.35 bits per heavy atom. The van der Waals surface area contributed by atoms with Crippen LogP contribution in [0.1, 0.15) is 13.8 Å². The van der Waals surface area contributed by atoms with E-state index in [0.29, 0.717) is 6.54 Å². The first-order chi connectivity index (χ1) is 9.54. The highest BCUT2D eigenvalue weighted by Gasteiger charge is 2.20. The summed E-state index contributed by atoms with van der Waals surface area (Å²) in [6.45, 7) is 7.69. The molecular weight excluding hydrogens is 276 g/mol. The van der Waals surface area contributed by atoms with Crippen molar-refractivity contribution in [1.82, 2.24) is 4.90 Å². The van der Waals surface area contributed by atoms with E-state index in [1.807, 2.05) is 38.1 Å². The summed E-state index contributed by atoms with van der Waals surface area (Å²) in [4.78, 5) is 16.1. The van der Waals surface area contributed by atoms with Gasteiger partial charge in [-0.15, -0.1) is 0 Å². The molecule has 1 saturated heterocycles. The zero-order valence-electron chi connectivity index (χ0n) is 12.0. The second-order valence-corrected chi connectivity index (χ2v) is 5.71. The van der Waals surface area contributed by atoms with Gasteiger partial charge in [0.25, 0.3) is 0 Å². The molecule has 1 fully saturated rings. The third-order valence-electron chi connectivity index (χ3n) is 3.28. The first kappa shape index (κ1) is 15.1. The molecule has 2 rings (SSSR count). The standard InChI is InChI=1S/C15H21ClN2O2/c1-12(2)20-15(19)11-17-7-9-18(10-8-17)14-5-3-13(16)4-6-14/h3-6,12H,7-11H2,1-2H3. The molecule has 0 saturated carbocycles. The van der Waals surface area contributed by atoms with Gasteiger partial charge in [0, 0.05) is 36.9 Å². The van der Waals surface area contributed by atoms with Crippen molar-refractivity contribution in [1.29, 1.82) is 0 Å². The van der Waals surface area contributed by atoms with Crippen LogP contribution in [-0.2, 0) is 9.53 Å². The van der Waals surface area contributed by atoms with Crippen LogP contribution in [0.3, 0.4) is 0 Å². The van der Waals surface area contributed by atoms with Gasteiger partial charge in [0.05, 0.1) is 12.6 Å². The van der Waals surface area contributed by atoms with Crippen LogP contribution >= 0.6 is 11.6 Å². The van der Waals surface area contributed by atoms with E-state index in [0.717, 1.165) is 31.2 Å². The quantitative estimate of drug-likeness (QED) is 0.799. The van der Waals surface area contributed by atoms with E-state index >= 15 is 0 Å². The van der Waals surface area contributed by atoms with E-state index in [4.69, 9.17) is 16.3 Å². The average Bonchev–Trinajstić information content (AvgIpc) is 2.39. The number of piperazine rings is 1. The third-order valence-corrected chi connectivity index (χ3v) is 3.54. The number of anilines is 1. The lowest BCUT2D eigenvalue weighted by Gasteiger charge is -2.35. The van der Waals surface area contributed by atoms with E-state index in [2.05, 4.69) is 9.80 Å². The maximum atomic E-state index is 11.6. The lowest BCUT2D eigenvalue weighted by Crippen LogP contribution is -2.48. The van der Waals surface area contributed by atoms with Crippen molar-refractivity contribution in [2.75, 3.05) is 37.6 Å². The number of esters is 1. The van der Waals surface area contributed by atoms with Crippen LogP contribution in [0.15, 0.2) is 24.3 Å². The second-order valence-electron chi connectivity index (χ2n) is 5.28. The van der Waals surface area contributed by atoms with Crippen LogP contribution in [0.2, 0.25) is 5.02 Å². The fourth-order valence-electron chi connectivity index (χ4n) is 2.30. The highest BCUT2D eigenvalue weighted by atomic mass is 35.5. The second kappa shape index (κ2) is 6.95. The van der Waals surface area contributed by atoms with Gasteiger partial charge in [-0.1, -0.05) is 11.6 Å². The lowest BCUT2D eigenvalue weighted by atomic mass is 10.2. The maximum absolute atomic E-state index is 11.6. The molecule has 1 aliphatic heterocycles. The molecule has 0 unspecified atom stereocenters. The molecule has 5 heteroatoms. The predicted molar refractivity (Wildman–Crippen MR) is 81.3 cm³/mol. The highest BCUT2D eigenvalue weighted by molar-refractivity contribution is 6.30. The molecule has 0 aromatic heterocycles. The van der Waals surface area contributed by atoms with Gasteiger partial charge in [0.2, 0.25) is 0 Å². The summed E-state index contributed by atoms with van der Waals surface area (Å²) < 4.78 is 5.17. The zero-order valence-corrected chi connectivity index (χ0v) is 12.8. The molecule has 0 radical (unpaired) electrons. The van der Waals surface area contributed by atoms with Gasteiger partial charge in [-0.25, -0.2) is 0 Å². The van der Waals surface area contributed by atoms with Crippen LogP contribution in [0.25, 0.3) is 0 Å². The summed E-state index contributed by atoms with van der Waals surface area (Å²) in [5.41, 5.74) is 1.18. The van der Waals surface area contributed by atoms with Crippen LogP contribution in [0.5, 0.6) is 0 Å². The number of carbonyl (C=O) groups excluding carboxylic acids is 1. The Morgan fingerprint density at radius 1 is 1.20 bits per heavy atom. The molecular formula is C15H21ClN2O2. The van der Waals surface area contributed by atoms with Gasteiger partial charge in [-0.2, -0.15) is 0 Å². The summed E-state index contributed by atoms with van der Waals surface area (Å²) >= 11 is 5.89. The minimum absolute atomic E-state index is 0.0437. The number of halogens is 1. The highest BCUT2D eigenvalue weighted by Crippen LogP contribution is 2.19. The number of nitrogens with zero attached hydrogens (tertiary/aromatic N) is 2. The van der Waals surface area contributed by atoms with Crippen molar-refractivity contribution < 1.29 is 9.53 Å². The molecule has 110 valence electrons. The number of hydrogen-bond donors (Lipinski definition) is 0. The number of rotatable bonds is 4. The van der Waals surface area contributed by atoms with Crippen molar-refractivity contribution in [2.45, 2.75) is 20.0 Å². The number of benzene rings is 1. The summed E-state index contributed by atoms with van der Waals surface area (Å²) in [6, 6.07) is 7.88. The van der Waals surface area contributed by atoms with Gasteiger partial charge in [0.15, 0.2) is 0 Å². The van der Waals surface area contributed by atoms with E-state index in [1.165, 1.54) is 5.69 Å². The van der Waals surface area contributed by atoms with Crippen molar-refractivity contribution in [3.63, 3.8) is 0 Å². The molecule has 1 aromatic carbocycles. The van der Waals surface area contributed by atoms with Gasteiger partial charge in [-0.3, -0.25) is 9.69 Å². The molecule has 0 N–H and O–H groups in total. The summed E-state index contributed by atoms with van der Waals surface area (Å²) in [6.07, 6.45) is -0.0437. The van der Waals surface area contributed by atoms with Crippen LogP contribution in [-0.4, -0.2) is 49.7 Å². The minimum atomic E-state index is -0.139. The van der Waals surface area contributed by atoms with Crippen LogP contribution in [0, 0.1) is 0 Å². The Kier molecular flexibility index (Phi) is 5.26. The van der Waals surface area contributed by atoms with Crippen molar-refractivity contribution in [3.8, 4) is 0 Å². The minimum Gasteiger partial charge on any atom is -0.462 e. The van der Waals surface area contributed by atoms with Crippen molar-refractivity contribution in [2.24, 2.45) is 0 Å². The monoisotopic (exact) mass is 296 g/mol. The van der Waals surface area contributed by atoms with E-state index in [1.54, 1.807) is 0 Å². The largest absolute Gasteiger partial charge is 0.462 e. The van der Waals surface area contributed by atoms with Crippen LogP contribution in [0.4, 0.5) is 5.69 Å². The molecule has 1 aromatic rings. The average molecular weight is 297 g/mol. The van der Waals surface area contributed by atoms with Gasteiger partial charge < -0.3 is 9.64 Å². The molecule has 1 aliphatic rings. The number of hydrogen-bond acceptors (Lipinski definition) is 4. The molecule has 0 atom stereocenters. The van der Waals surface area contributed by atoms with E-state index < -0.39 is 0 Å². The van der Waals surface area contributed by atoms with Crippen molar-refractivity contribution >= 4 is 23.3 Å². The Labute approximate surface area is 125 Å². The number of carbonyl (C=O) groups is 1. The molecule has 0 amide bonds. The molecule has 0 spiro atoms.